The van der Waals surface area contributed by atoms with Crippen molar-refractivity contribution in [2.45, 2.75) is 6.92 Å². The molecule has 0 aliphatic heterocycles. The fraction of sp³-hybridized carbons (Fsp3) is 0.176. The van der Waals surface area contributed by atoms with Crippen LogP contribution in [0.25, 0.3) is 0 Å². The molecular weight excluding hydrogens is 282 g/mol. The number of hydrogen-bond donors (Lipinski definition) is 1. The minimum Gasteiger partial charge on any atom is -0.481 e. The summed E-state index contributed by atoms with van der Waals surface area (Å²) in [4.78, 5) is 23.6. The first-order valence-corrected chi connectivity index (χ1v) is 6.94. The monoisotopic (exact) mass is 299 g/mol. The third-order valence-electron chi connectivity index (χ3n) is 2.81. The van der Waals surface area contributed by atoms with Crippen LogP contribution in [0.3, 0.4) is 0 Å². The first-order chi connectivity index (χ1) is 10.7. The molecule has 0 radical (unpaired) electrons. The average molecular weight is 299 g/mol. The van der Waals surface area contributed by atoms with E-state index in [1.54, 1.807) is 43.3 Å². The van der Waals surface area contributed by atoms with Gasteiger partial charge in [0, 0.05) is 5.69 Å². The highest BCUT2D eigenvalue weighted by atomic mass is 16.6. The van der Waals surface area contributed by atoms with Crippen molar-refractivity contribution in [3.05, 3.63) is 60.2 Å². The lowest BCUT2D eigenvalue weighted by atomic mass is 10.2. The predicted molar refractivity (Wildman–Crippen MR) is 83.0 cm³/mol. The molecular formula is C17H17NO4. The van der Waals surface area contributed by atoms with E-state index in [-0.39, 0.29) is 12.5 Å². The fourth-order valence-electron chi connectivity index (χ4n) is 1.84. The maximum Gasteiger partial charge on any atom is 0.344 e. The quantitative estimate of drug-likeness (QED) is 0.833. The number of carbonyl (C=O) groups excluding carboxylic acids is 2. The van der Waals surface area contributed by atoms with E-state index in [0.29, 0.717) is 23.6 Å². The van der Waals surface area contributed by atoms with Crippen LogP contribution in [0.2, 0.25) is 0 Å². The zero-order chi connectivity index (χ0) is 15.8. The molecule has 5 heteroatoms. The third kappa shape index (κ3) is 4.34. The van der Waals surface area contributed by atoms with Crippen LogP contribution < -0.4 is 10.1 Å². The largest absolute Gasteiger partial charge is 0.481 e. The van der Waals surface area contributed by atoms with Crippen LogP contribution in [0.4, 0.5) is 5.69 Å². The molecule has 1 amide bonds. The van der Waals surface area contributed by atoms with Gasteiger partial charge in [0.05, 0.1) is 12.2 Å². The van der Waals surface area contributed by atoms with Crippen molar-refractivity contribution in [3.63, 3.8) is 0 Å². The van der Waals surface area contributed by atoms with Gasteiger partial charge in [0.1, 0.15) is 5.75 Å². The summed E-state index contributed by atoms with van der Waals surface area (Å²) in [5.74, 6) is -0.435. The second-order valence-electron chi connectivity index (χ2n) is 4.41. The third-order valence-corrected chi connectivity index (χ3v) is 2.81. The lowest BCUT2D eigenvalue weighted by Crippen LogP contribution is -2.18. The highest BCUT2D eigenvalue weighted by molar-refractivity contribution is 6.06. The SMILES string of the molecule is CCOC(=O)COc1ccccc1C(=O)Nc1ccccc1. The van der Waals surface area contributed by atoms with E-state index in [1.165, 1.54) is 0 Å². The van der Waals surface area contributed by atoms with Crippen LogP contribution in [-0.2, 0) is 9.53 Å². The smallest absolute Gasteiger partial charge is 0.344 e. The van der Waals surface area contributed by atoms with Crippen molar-refractivity contribution >= 4 is 17.6 Å². The average Bonchev–Trinajstić information content (AvgIpc) is 2.54. The molecule has 0 saturated heterocycles. The van der Waals surface area contributed by atoms with Crippen molar-refractivity contribution in [1.82, 2.24) is 0 Å². The van der Waals surface area contributed by atoms with E-state index in [1.807, 2.05) is 18.2 Å². The van der Waals surface area contributed by atoms with Crippen LogP contribution in [0, 0.1) is 0 Å². The molecule has 2 rings (SSSR count). The molecule has 0 unspecified atom stereocenters. The van der Waals surface area contributed by atoms with Gasteiger partial charge in [-0.1, -0.05) is 30.3 Å². The zero-order valence-electron chi connectivity index (χ0n) is 12.2. The normalized spacial score (nSPS) is 9.86. The Morgan fingerprint density at radius 2 is 1.68 bits per heavy atom. The van der Waals surface area contributed by atoms with Gasteiger partial charge < -0.3 is 14.8 Å². The summed E-state index contributed by atoms with van der Waals surface area (Å²) >= 11 is 0. The molecule has 2 aromatic rings. The van der Waals surface area contributed by atoms with E-state index < -0.39 is 5.97 Å². The number of amides is 1. The Morgan fingerprint density at radius 3 is 2.41 bits per heavy atom. The van der Waals surface area contributed by atoms with E-state index in [4.69, 9.17) is 9.47 Å². The van der Waals surface area contributed by atoms with Crippen LogP contribution in [0.1, 0.15) is 17.3 Å². The molecule has 0 aliphatic rings. The predicted octanol–water partition coefficient (Wildman–Crippen LogP) is 2.88. The number of carbonyl (C=O) groups is 2. The lowest BCUT2D eigenvalue weighted by Gasteiger charge is -2.11. The summed E-state index contributed by atoms with van der Waals surface area (Å²) in [6.07, 6.45) is 0. The topological polar surface area (TPSA) is 64.6 Å². The van der Waals surface area contributed by atoms with Gasteiger partial charge in [0.15, 0.2) is 6.61 Å². The molecule has 0 aliphatic carbocycles. The molecule has 0 fully saturated rings. The number of nitrogens with one attached hydrogen (secondary N) is 1. The highest BCUT2D eigenvalue weighted by Gasteiger charge is 2.13. The van der Waals surface area contributed by atoms with Crippen molar-refractivity contribution in [3.8, 4) is 5.75 Å². The number of para-hydroxylation sites is 2. The number of hydrogen-bond acceptors (Lipinski definition) is 4. The van der Waals surface area contributed by atoms with Gasteiger partial charge >= 0.3 is 5.97 Å². The molecule has 0 heterocycles. The zero-order valence-corrected chi connectivity index (χ0v) is 12.2. The van der Waals surface area contributed by atoms with Gasteiger partial charge in [-0.15, -0.1) is 0 Å². The van der Waals surface area contributed by atoms with Gasteiger partial charge in [-0.05, 0) is 31.2 Å². The van der Waals surface area contributed by atoms with E-state index >= 15 is 0 Å². The van der Waals surface area contributed by atoms with Gasteiger partial charge in [-0.25, -0.2) is 4.79 Å². The maximum absolute atomic E-state index is 12.3. The number of rotatable bonds is 6. The Bertz CT molecular complexity index is 640. The molecule has 0 bridgehead atoms. The van der Waals surface area contributed by atoms with E-state index in [9.17, 15) is 9.59 Å². The molecule has 0 atom stereocenters. The van der Waals surface area contributed by atoms with Gasteiger partial charge in [0.2, 0.25) is 0 Å². The summed E-state index contributed by atoms with van der Waals surface area (Å²) in [7, 11) is 0. The Hall–Kier alpha value is -2.82. The van der Waals surface area contributed by atoms with Crippen molar-refractivity contribution in [1.29, 1.82) is 0 Å². The van der Waals surface area contributed by atoms with E-state index in [2.05, 4.69) is 5.32 Å². The second-order valence-corrected chi connectivity index (χ2v) is 4.41. The molecule has 0 saturated carbocycles. The number of benzene rings is 2. The minimum atomic E-state index is -0.472. The second kappa shape index (κ2) is 7.83. The van der Waals surface area contributed by atoms with Crippen molar-refractivity contribution < 1.29 is 19.1 Å². The minimum absolute atomic E-state index is 0.233. The van der Waals surface area contributed by atoms with Gasteiger partial charge in [0.25, 0.3) is 5.91 Å². The van der Waals surface area contributed by atoms with Crippen LogP contribution in [0.15, 0.2) is 54.6 Å². The van der Waals surface area contributed by atoms with Crippen LogP contribution >= 0.6 is 0 Å². The van der Waals surface area contributed by atoms with Crippen LogP contribution in [-0.4, -0.2) is 25.1 Å². The molecule has 22 heavy (non-hydrogen) atoms. The molecule has 2 aromatic carbocycles. The Kier molecular flexibility index (Phi) is 5.54. The Labute approximate surface area is 128 Å². The number of anilines is 1. The summed E-state index contributed by atoms with van der Waals surface area (Å²) in [6.45, 7) is 1.78. The van der Waals surface area contributed by atoms with Crippen molar-refractivity contribution in [2.75, 3.05) is 18.5 Å². The Balaban J connectivity index is 2.07. The molecule has 0 spiro atoms. The maximum atomic E-state index is 12.3. The molecule has 5 nitrogen and oxygen atoms in total. The fourth-order valence-corrected chi connectivity index (χ4v) is 1.84. The first kappa shape index (κ1) is 15.6. The molecule has 1 N–H and O–H groups in total. The first-order valence-electron chi connectivity index (χ1n) is 6.94. The lowest BCUT2D eigenvalue weighted by molar-refractivity contribution is -0.145. The number of ether oxygens (including phenoxy) is 2. The summed E-state index contributed by atoms with van der Waals surface area (Å²) < 4.78 is 10.2. The Morgan fingerprint density at radius 1 is 1.00 bits per heavy atom. The summed E-state index contributed by atoms with van der Waals surface area (Å²) in [5, 5.41) is 2.78. The van der Waals surface area contributed by atoms with Crippen LogP contribution in [0.5, 0.6) is 5.75 Å². The van der Waals surface area contributed by atoms with Crippen molar-refractivity contribution in [2.24, 2.45) is 0 Å². The summed E-state index contributed by atoms with van der Waals surface area (Å²) in [6, 6.07) is 15.9. The highest BCUT2D eigenvalue weighted by Crippen LogP contribution is 2.19. The number of esters is 1. The van der Waals surface area contributed by atoms with Gasteiger partial charge in [-0.2, -0.15) is 0 Å². The standard InChI is InChI=1S/C17H17NO4/c1-2-21-16(19)12-22-15-11-7-6-10-14(15)17(20)18-13-8-4-3-5-9-13/h3-11H,2,12H2,1H3,(H,18,20). The van der Waals surface area contributed by atoms with E-state index in [0.717, 1.165) is 0 Å². The van der Waals surface area contributed by atoms with Gasteiger partial charge in [-0.3, -0.25) is 4.79 Å². The molecule has 0 aromatic heterocycles. The summed E-state index contributed by atoms with van der Waals surface area (Å²) in [5.41, 5.74) is 1.04. The molecule has 114 valence electrons.